The zero-order valence-electron chi connectivity index (χ0n) is 18.1. The van der Waals surface area contributed by atoms with Crippen molar-refractivity contribution in [2.75, 3.05) is 26.7 Å². The highest BCUT2D eigenvalue weighted by atomic mass is 16.5. The highest BCUT2D eigenvalue weighted by molar-refractivity contribution is 6.08. The maximum atomic E-state index is 13.4. The van der Waals surface area contributed by atoms with Crippen LogP contribution in [0.25, 0.3) is 10.8 Å². The molecular formula is C25H32N2O3. The molecule has 0 radical (unpaired) electrons. The SMILES string of the molecule is CCC1CCCCN1C(=O)C1CCCN(C(=O)c2ccc(OC)c3ccccc23)C1. The Morgan fingerprint density at radius 1 is 1.00 bits per heavy atom. The number of benzene rings is 2. The molecule has 2 unspecified atom stereocenters. The van der Waals surface area contributed by atoms with Crippen molar-refractivity contribution < 1.29 is 14.3 Å². The molecule has 2 saturated heterocycles. The molecule has 2 amide bonds. The first-order valence-electron chi connectivity index (χ1n) is 11.3. The summed E-state index contributed by atoms with van der Waals surface area (Å²) < 4.78 is 5.47. The Morgan fingerprint density at radius 2 is 1.80 bits per heavy atom. The number of nitrogens with zero attached hydrogens (tertiary/aromatic N) is 2. The van der Waals surface area contributed by atoms with Crippen molar-refractivity contribution in [1.82, 2.24) is 9.80 Å². The topological polar surface area (TPSA) is 49.9 Å². The van der Waals surface area contributed by atoms with Gasteiger partial charge in [-0.25, -0.2) is 0 Å². The molecule has 0 saturated carbocycles. The molecule has 0 aliphatic carbocycles. The van der Waals surface area contributed by atoms with E-state index in [0.717, 1.165) is 55.2 Å². The van der Waals surface area contributed by atoms with E-state index in [1.165, 1.54) is 6.42 Å². The summed E-state index contributed by atoms with van der Waals surface area (Å²) in [5.74, 6) is 0.944. The Balaban J connectivity index is 1.54. The van der Waals surface area contributed by atoms with E-state index in [-0.39, 0.29) is 17.7 Å². The van der Waals surface area contributed by atoms with Gasteiger partial charge in [0.1, 0.15) is 5.75 Å². The molecule has 2 fully saturated rings. The van der Waals surface area contributed by atoms with Gasteiger partial charge in [-0.15, -0.1) is 0 Å². The number of hydrogen-bond donors (Lipinski definition) is 0. The number of fused-ring (bicyclic) bond motifs is 1. The minimum atomic E-state index is -0.0839. The van der Waals surface area contributed by atoms with E-state index >= 15 is 0 Å². The van der Waals surface area contributed by atoms with Crippen molar-refractivity contribution in [2.45, 2.75) is 51.5 Å². The fraction of sp³-hybridized carbons (Fsp3) is 0.520. The van der Waals surface area contributed by atoms with Gasteiger partial charge < -0.3 is 14.5 Å². The summed E-state index contributed by atoms with van der Waals surface area (Å²) in [6, 6.07) is 11.9. The summed E-state index contributed by atoms with van der Waals surface area (Å²) in [7, 11) is 1.65. The average molecular weight is 409 g/mol. The van der Waals surface area contributed by atoms with Gasteiger partial charge in [0.2, 0.25) is 5.91 Å². The van der Waals surface area contributed by atoms with Crippen LogP contribution in [0.15, 0.2) is 36.4 Å². The molecule has 2 aromatic rings. The lowest BCUT2D eigenvalue weighted by Crippen LogP contribution is -2.51. The molecule has 0 N–H and O–H groups in total. The Morgan fingerprint density at radius 3 is 2.57 bits per heavy atom. The Hall–Kier alpha value is -2.56. The summed E-state index contributed by atoms with van der Waals surface area (Å²) in [6.07, 6.45) is 6.17. The van der Waals surface area contributed by atoms with E-state index in [1.807, 2.05) is 41.3 Å². The first-order valence-corrected chi connectivity index (χ1v) is 11.3. The summed E-state index contributed by atoms with van der Waals surface area (Å²) >= 11 is 0. The second-order valence-corrected chi connectivity index (χ2v) is 8.54. The first kappa shape index (κ1) is 20.7. The van der Waals surface area contributed by atoms with Crippen LogP contribution in [0.1, 0.15) is 55.8 Å². The van der Waals surface area contributed by atoms with Gasteiger partial charge in [0.25, 0.3) is 5.91 Å². The minimum absolute atomic E-state index is 0.0111. The number of rotatable bonds is 4. The Bertz CT molecular complexity index is 926. The standard InChI is InChI=1S/C25H32N2O3/c1-3-19-10-6-7-16-27(19)24(28)18-9-8-15-26(17-18)25(29)22-13-14-23(30-2)21-12-5-4-11-20(21)22/h4-5,11-14,18-19H,3,6-10,15-17H2,1-2H3. The third kappa shape index (κ3) is 3.90. The second-order valence-electron chi connectivity index (χ2n) is 8.54. The summed E-state index contributed by atoms with van der Waals surface area (Å²) in [4.78, 5) is 30.7. The monoisotopic (exact) mass is 408 g/mol. The van der Waals surface area contributed by atoms with Crippen molar-refractivity contribution in [3.8, 4) is 5.75 Å². The normalized spacial score (nSPS) is 22.2. The maximum absolute atomic E-state index is 13.4. The average Bonchev–Trinajstić information content (AvgIpc) is 2.82. The number of methoxy groups -OCH3 is 1. The van der Waals surface area contributed by atoms with Crippen molar-refractivity contribution in [1.29, 1.82) is 0 Å². The number of amides is 2. The van der Waals surface area contributed by atoms with E-state index in [2.05, 4.69) is 11.8 Å². The van der Waals surface area contributed by atoms with Gasteiger partial charge in [-0.05, 0) is 56.0 Å². The van der Waals surface area contributed by atoms with Gasteiger partial charge in [-0.2, -0.15) is 0 Å². The fourth-order valence-electron chi connectivity index (χ4n) is 5.12. The molecule has 0 bridgehead atoms. The largest absolute Gasteiger partial charge is 0.496 e. The minimum Gasteiger partial charge on any atom is -0.496 e. The predicted octanol–water partition coefficient (Wildman–Crippen LogP) is 4.49. The van der Waals surface area contributed by atoms with Gasteiger partial charge in [0.05, 0.1) is 13.0 Å². The molecule has 2 aliphatic heterocycles. The van der Waals surface area contributed by atoms with Crippen molar-refractivity contribution in [3.05, 3.63) is 42.0 Å². The number of carbonyl (C=O) groups is 2. The van der Waals surface area contributed by atoms with E-state index in [9.17, 15) is 9.59 Å². The van der Waals surface area contributed by atoms with Crippen LogP contribution in [0.2, 0.25) is 0 Å². The summed E-state index contributed by atoms with van der Waals surface area (Å²) in [5, 5.41) is 1.84. The third-order valence-corrected chi connectivity index (χ3v) is 6.77. The summed E-state index contributed by atoms with van der Waals surface area (Å²) in [6.45, 7) is 4.26. The third-order valence-electron chi connectivity index (χ3n) is 6.77. The predicted molar refractivity (Wildman–Crippen MR) is 119 cm³/mol. The van der Waals surface area contributed by atoms with Gasteiger partial charge in [-0.3, -0.25) is 9.59 Å². The molecule has 2 aromatic carbocycles. The van der Waals surface area contributed by atoms with Gasteiger partial charge in [-0.1, -0.05) is 31.2 Å². The number of likely N-dealkylation sites (tertiary alicyclic amines) is 2. The van der Waals surface area contributed by atoms with Crippen molar-refractivity contribution in [2.24, 2.45) is 5.92 Å². The van der Waals surface area contributed by atoms with Crippen LogP contribution >= 0.6 is 0 Å². The first-order chi connectivity index (χ1) is 14.6. The molecule has 2 atom stereocenters. The highest BCUT2D eigenvalue weighted by Crippen LogP contribution is 2.31. The zero-order chi connectivity index (χ0) is 21.1. The fourth-order valence-corrected chi connectivity index (χ4v) is 5.12. The van der Waals surface area contributed by atoms with E-state index in [4.69, 9.17) is 4.74 Å². The molecule has 0 aromatic heterocycles. The van der Waals surface area contributed by atoms with Gasteiger partial charge in [0, 0.05) is 36.6 Å². The molecular weight excluding hydrogens is 376 g/mol. The quantitative estimate of drug-likeness (QED) is 0.749. The van der Waals surface area contributed by atoms with Crippen LogP contribution in [0.4, 0.5) is 0 Å². The van der Waals surface area contributed by atoms with Crippen LogP contribution < -0.4 is 4.74 Å². The van der Waals surface area contributed by atoms with E-state index < -0.39 is 0 Å². The molecule has 2 heterocycles. The molecule has 5 nitrogen and oxygen atoms in total. The number of piperidine rings is 2. The van der Waals surface area contributed by atoms with Crippen LogP contribution in [0.3, 0.4) is 0 Å². The summed E-state index contributed by atoms with van der Waals surface area (Å²) in [5.41, 5.74) is 0.684. The van der Waals surface area contributed by atoms with E-state index in [1.54, 1.807) is 7.11 Å². The molecule has 0 spiro atoms. The lowest BCUT2D eigenvalue weighted by Gasteiger charge is -2.40. The Kier molecular flexibility index (Phi) is 6.26. The zero-order valence-corrected chi connectivity index (χ0v) is 18.1. The maximum Gasteiger partial charge on any atom is 0.254 e. The molecule has 30 heavy (non-hydrogen) atoms. The van der Waals surface area contributed by atoms with Crippen LogP contribution in [-0.4, -0.2) is 54.4 Å². The van der Waals surface area contributed by atoms with E-state index in [0.29, 0.717) is 24.7 Å². The molecule has 160 valence electrons. The second kappa shape index (κ2) is 9.07. The van der Waals surface area contributed by atoms with Gasteiger partial charge >= 0.3 is 0 Å². The Labute approximate surface area is 179 Å². The van der Waals surface area contributed by atoms with Gasteiger partial charge in [0.15, 0.2) is 0 Å². The number of ether oxygens (including phenoxy) is 1. The number of hydrogen-bond acceptors (Lipinski definition) is 3. The number of carbonyl (C=O) groups excluding carboxylic acids is 2. The van der Waals surface area contributed by atoms with Crippen LogP contribution in [-0.2, 0) is 4.79 Å². The molecule has 4 rings (SSSR count). The van der Waals surface area contributed by atoms with Crippen molar-refractivity contribution >= 4 is 22.6 Å². The van der Waals surface area contributed by atoms with Crippen molar-refractivity contribution in [3.63, 3.8) is 0 Å². The lowest BCUT2D eigenvalue weighted by molar-refractivity contribution is -0.140. The molecule has 5 heteroatoms. The molecule has 2 aliphatic rings. The van der Waals surface area contributed by atoms with Crippen LogP contribution in [0, 0.1) is 5.92 Å². The van der Waals surface area contributed by atoms with Crippen LogP contribution in [0.5, 0.6) is 5.75 Å². The smallest absolute Gasteiger partial charge is 0.254 e. The lowest BCUT2D eigenvalue weighted by atomic mass is 9.92. The highest BCUT2D eigenvalue weighted by Gasteiger charge is 2.35.